The maximum atomic E-state index is 7.51. The molecule has 5 nitrogen and oxygen atoms in total. The van der Waals surface area contributed by atoms with E-state index in [0.717, 1.165) is 35.4 Å². The molecule has 4 fully saturated rings. The highest BCUT2D eigenvalue weighted by atomic mass is 28.4. The van der Waals surface area contributed by atoms with Gasteiger partial charge in [0.25, 0.3) is 0 Å². The van der Waals surface area contributed by atoms with Crippen molar-refractivity contribution in [3.05, 3.63) is 35.9 Å². The zero-order chi connectivity index (χ0) is 32.9. The number of benzene rings is 1. The Morgan fingerprint density at radius 1 is 0.778 bits per heavy atom. The lowest BCUT2D eigenvalue weighted by Crippen LogP contribution is -2.62. The molecule has 1 aromatic carbocycles. The molecule has 8 heteroatoms. The van der Waals surface area contributed by atoms with Gasteiger partial charge >= 0.3 is 0 Å². The fourth-order valence-electron chi connectivity index (χ4n) is 10.3. The van der Waals surface area contributed by atoms with Gasteiger partial charge in [0.05, 0.1) is 6.61 Å². The van der Waals surface area contributed by atoms with Crippen LogP contribution in [0.1, 0.15) is 77.2 Å². The Hall–Kier alpha value is -0.779. The molecule has 254 valence electrons. The molecule has 0 N–H and O–H groups in total. The van der Waals surface area contributed by atoms with Crippen LogP contribution in [-0.2, 0) is 24.7 Å². The molecule has 4 aliphatic rings. The van der Waals surface area contributed by atoms with E-state index >= 15 is 0 Å². The minimum atomic E-state index is -1.96. The molecule has 4 aliphatic carbocycles. The van der Waals surface area contributed by atoms with E-state index in [4.69, 9.17) is 23.3 Å². The summed E-state index contributed by atoms with van der Waals surface area (Å²) in [6, 6.07) is 10.4. The predicted octanol–water partition coefficient (Wildman–Crippen LogP) is 10.3. The van der Waals surface area contributed by atoms with E-state index in [-0.39, 0.29) is 5.41 Å². The molecule has 8 unspecified atom stereocenters. The average molecular weight is 672 g/mol. The van der Waals surface area contributed by atoms with E-state index in [1.165, 1.54) is 51.4 Å². The summed E-state index contributed by atoms with van der Waals surface area (Å²) in [5, 5.41) is 5.02. The quantitative estimate of drug-likeness (QED) is 0.133. The van der Waals surface area contributed by atoms with Crippen molar-refractivity contribution in [1.29, 1.82) is 0 Å². The van der Waals surface area contributed by atoms with Gasteiger partial charge in [-0.2, -0.15) is 0 Å². The predicted molar refractivity (Wildman–Crippen MR) is 195 cm³/mol. The molecule has 45 heavy (non-hydrogen) atoms. The van der Waals surface area contributed by atoms with Gasteiger partial charge in [-0.15, -0.1) is 0 Å². The normalized spacial score (nSPS) is 37.5. The van der Waals surface area contributed by atoms with Gasteiger partial charge in [0.15, 0.2) is 25.0 Å². The van der Waals surface area contributed by atoms with Crippen molar-refractivity contribution in [3.63, 3.8) is 0 Å². The smallest absolute Gasteiger partial charge is 0.185 e. The summed E-state index contributed by atoms with van der Waals surface area (Å²) in [6.07, 6.45) is 11.8. The van der Waals surface area contributed by atoms with Gasteiger partial charge in [0, 0.05) is 11.5 Å². The van der Waals surface area contributed by atoms with Crippen LogP contribution >= 0.6 is 0 Å². The molecule has 0 aromatic heterocycles. The second-order valence-corrected chi connectivity index (χ2v) is 31.9. The molecule has 0 saturated heterocycles. The molecule has 0 spiro atoms. The number of nitrogens with zero attached hydrogens (tertiary/aromatic N) is 1. The molecule has 0 amide bonds. The first-order valence-electron chi connectivity index (χ1n) is 18.1. The summed E-state index contributed by atoms with van der Waals surface area (Å²) < 4.78 is 20.9. The zero-order valence-corrected chi connectivity index (χ0v) is 33.6. The SMILES string of the molecule is CC12CCC(O[Si](C)(C)C)CC1CCC1C2CCC2(C)C1CCC2(O[Si](C)(C)C)C(CO[Si](C)(C)C)=NOCc1ccccc1. The standard InChI is InChI=1S/C37H65NO4Si3/c1-35-22-19-30(41-44(6,7)8)25-29(35)17-18-31-32(35)20-23-36(2)33(31)21-24-37(36,42-45(9,10)11)34(27-40-43(3,4)5)38-39-26-28-15-13-12-14-16-28/h12-16,29-33H,17-27H2,1-11H3. The van der Waals surface area contributed by atoms with Crippen molar-refractivity contribution in [2.45, 2.75) is 149 Å². The largest absolute Gasteiger partial charge is 0.415 e. The number of hydrogen-bond donors (Lipinski definition) is 0. The second kappa shape index (κ2) is 12.9. The minimum Gasteiger partial charge on any atom is -0.415 e. The minimum absolute atomic E-state index is 0.0214. The number of rotatable bonds is 11. The van der Waals surface area contributed by atoms with Gasteiger partial charge in [-0.3, -0.25) is 0 Å². The van der Waals surface area contributed by atoms with Gasteiger partial charge in [0.1, 0.15) is 17.9 Å². The Bertz CT molecular complexity index is 1190. The van der Waals surface area contributed by atoms with Crippen LogP contribution in [0.15, 0.2) is 35.5 Å². The molecular weight excluding hydrogens is 607 g/mol. The Labute approximate surface area is 279 Å². The van der Waals surface area contributed by atoms with Gasteiger partial charge in [-0.1, -0.05) is 49.3 Å². The molecule has 0 bridgehead atoms. The average Bonchev–Trinajstić information content (AvgIpc) is 3.21. The Balaban J connectivity index is 1.45. The molecule has 1 aromatic rings. The maximum Gasteiger partial charge on any atom is 0.185 e. The number of hydrogen-bond acceptors (Lipinski definition) is 5. The van der Waals surface area contributed by atoms with Crippen LogP contribution in [-0.4, -0.2) is 49.0 Å². The van der Waals surface area contributed by atoms with Gasteiger partial charge in [-0.05, 0) is 151 Å². The first-order valence-corrected chi connectivity index (χ1v) is 28.3. The van der Waals surface area contributed by atoms with Crippen molar-refractivity contribution >= 4 is 30.7 Å². The number of fused-ring (bicyclic) bond motifs is 5. The van der Waals surface area contributed by atoms with Gasteiger partial charge in [-0.25, -0.2) is 0 Å². The molecule has 0 radical (unpaired) electrons. The van der Waals surface area contributed by atoms with Crippen LogP contribution < -0.4 is 0 Å². The summed E-state index contributed by atoms with van der Waals surface area (Å²) in [6.45, 7) is 27.2. The highest BCUT2D eigenvalue weighted by molar-refractivity contribution is 6.70. The third-order valence-electron chi connectivity index (χ3n) is 12.1. The fraction of sp³-hybridized carbons (Fsp3) is 0.811. The Morgan fingerprint density at radius 2 is 1.47 bits per heavy atom. The summed E-state index contributed by atoms with van der Waals surface area (Å²) in [5.41, 5.74) is 2.16. The van der Waals surface area contributed by atoms with Crippen molar-refractivity contribution in [2.24, 2.45) is 39.7 Å². The lowest BCUT2D eigenvalue weighted by atomic mass is 9.44. The summed E-state index contributed by atoms with van der Waals surface area (Å²) >= 11 is 0. The molecule has 0 heterocycles. The van der Waals surface area contributed by atoms with Crippen LogP contribution in [0.25, 0.3) is 0 Å². The monoisotopic (exact) mass is 671 g/mol. The second-order valence-electron chi connectivity index (χ2n) is 18.5. The highest BCUT2D eigenvalue weighted by Crippen LogP contribution is 2.69. The van der Waals surface area contributed by atoms with Gasteiger partial charge in [0.2, 0.25) is 0 Å². The third kappa shape index (κ3) is 7.61. The maximum absolute atomic E-state index is 7.51. The van der Waals surface area contributed by atoms with Crippen LogP contribution in [0, 0.1) is 34.5 Å². The Kier molecular flexibility index (Phi) is 10.2. The van der Waals surface area contributed by atoms with E-state index in [9.17, 15) is 0 Å². The van der Waals surface area contributed by atoms with Gasteiger partial charge < -0.3 is 18.1 Å². The van der Waals surface area contributed by atoms with Crippen LogP contribution in [0.4, 0.5) is 0 Å². The molecule has 5 rings (SSSR count). The van der Waals surface area contributed by atoms with Crippen LogP contribution in [0.5, 0.6) is 0 Å². The first-order chi connectivity index (χ1) is 20.9. The lowest BCUT2D eigenvalue weighted by molar-refractivity contribution is -0.139. The van der Waals surface area contributed by atoms with E-state index in [2.05, 4.69) is 97.0 Å². The van der Waals surface area contributed by atoms with E-state index in [1.807, 2.05) is 6.07 Å². The third-order valence-corrected chi connectivity index (χ3v) is 15.1. The van der Waals surface area contributed by atoms with E-state index in [0.29, 0.717) is 30.7 Å². The van der Waals surface area contributed by atoms with E-state index < -0.39 is 30.6 Å². The topological polar surface area (TPSA) is 49.3 Å². The summed E-state index contributed by atoms with van der Waals surface area (Å²) in [7, 11) is -5.29. The van der Waals surface area contributed by atoms with Crippen LogP contribution in [0.3, 0.4) is 0 Å². The molecule has 0 aliphatic heterocycles. The van der Waals surface area contributed by atoms with Crippen molar-refractivity contribution in [2.75, 3.05) is 6.61 Å². The number of oxime groups is 1. The van der Waals surface area contributed by atoms with Crippen molar-refractivity contribution in [1.82, 2.24) is 0 Å². The highest BCUT2D eigenvalue weighted by Gasteiger charge is 2.68. The summed E-state index contributed by atoms with van der Waals surface area (Å²) in [4.78, 5) is 6.21. The van der Waals surface area contributed by atoms with Crippen molar-refractivity contribution < 1.29 is 18.1 Å². The molecule has 4 saturated carbocycles. The first kappa shape index (κ1) is 35.5. The zero-order valence-electron chi connectivity index (χ0n) is 30.6. The Morgan fingerprint density at radius 3 is 2.11 bits per heavy atom. The fourth-order valence-corrected chi connectivity index (χ4v) is 13.6. The molecule has 8 atom stereocenters. The van der Waals surface area contributed by atoms with Crippen LogP contribution in [0.2, 0.25) is 58.9 Å². The molecular formula is C37H65NO4Si3. The summed E-state index contributed by atoms with van der Waals surface area (Å²) in [5.74, 6) is 3.01. The van der Waals surface area contributed by atoms with E-state index in [1.54, 1.807) is 0 Å². The lowest BCUT2D eigenvalue weighted by Gasteiger charge is -2.62. The van der Waals surface area contributed by atoms with Crippen molar-refractivity contribution in [3.8, 4) is 0 Å².